The van der Waals surface area contributed by atoms with Crippen LogP contribution in [0.4, 0.5) is 0 Å². The molecule has 2 aromatic carbocycles. The van der Waals surface area contributed by atoms with Gasteiger partial charge in [-0.15, -0.1) is 10.2 Å². The third kappa shape index (κ3) is 4.13. The Kier molecular flexibility index (Phi) is 5.89. The summed E-state index contributed by atoms with van der Waals surface area (Å²) in [5.41, 5.74) is 4.56. The second kappa shape index (κ2) is 8.98. The van der Waals surface area contributed by atoms with Crippen LogP contribution in [0.2, 0.25) is 0 Å². The first-order valence-corrected chi connectivity index (χ1v) is 11.8. The highest BCUT2D eigenvalue weighted by atomic mass is 16.5. The zero-order valence-electron chi connectivity index (χ0n) is 19.6. The van der Waals surface area contributed by atoms with Crippen molar-refractivity contribution >= 4 is 22.1 Å². The van der Waals surface area contributed by atoms with Crippen molar-refractivity contribution in [3.05, 3.63) is 52.9 Å². The fourth-order valence-corrected chi connectivity index (χ4v) is 4.89. The van der Waals surface area contributed by atoms with E-state index in [-0.39, 0.29) is 11.7 Å². The number of rotatable bonds is 7. The summed E-state index contributed by atoms with van der Waals surface area (Å²) in [5.74, 6) is 0.879. The number of ether oxygens (including phenoxy) is 1. The summed E-state index contributed by atoms with van der Waals surface area (Å²) < 4.78 is 9.48. The van der Waals surface area contributed by atoms with Gasteiger partial charge in [0, 0.05) is 25.0 Å². The number of imidazole rings is 1. The van der Waals surface area contributed by atoms with E-state index < -0.39 is 0 Å². The molecule has 0 aliphatic heterocycles. The highest BCUT2D eigenvalue weighted by molar-refractivity contribution is 6.02. The third-order valence-corrected chi connectivity index (χ3v) is 6.66. The number of nitrogens with zero attached hydrogens (tertiary/aromatic N) is 5. The van der Waals surface area contributed by atoms with Crippen LogP contribution in [-0.2, 0) is 7.05 Å². The van der Waals surface area contributed by atoms with Crippen LogP contribution in [0, 0.1) is 0 Å². The molecule has 2 heterocycles. The van der Waals surface area contributed by atoms with Gasteiger partial charge >= 0.3 is 5.69 Å². The molecule has 7 nitrogen and oxygen atoms in total. The Labute approximate surface area is 193 Å². The molecule has 0 N–H and O–H groups in total. The number of aryl methyl sites for hydroxylation is 1. The molecule has 0 atom stereocenters. The summed E-state index contributed by atoms with van der Waals surface area (Å²) in [5, 5.41) is 9.78. The first-order valence-electron chi connectivity index (χ1n) is 11.8. The fraction of sp³-hybridized carbons (Fsp3) is 0.423. The molecule has 7 heteroatoms. The zero-order valence-corrected chi connectivity index (χ0v) is 19.6. The van der Waals surface area contributed by atoms with Crippen LogP contribution in [0.3, 0.4) is 0 Å². The Morgan fingerprint density at radius 2 is 1.76 bits per heavy atom. The average molecular weight is 446 g/mol. The maximum absolute atomic E-state index is 13.1. The van der Waals surface area contributed by atoms with Gasteiger partial charge < -0.3 is 9.64 Å². The third-order valence-electron chi connectivity index (χ3n) is 6.66. The van der Waals surface area contributed by atoms with Crippen LogP contribution in [0.15, 0.2) is 47.3 Å². The highest BCUT2D eigenvalue weighted by Gasteiger charge is 2.25. The van der Waals surface area contributed by atoms with Crippen molar-refractivity contribution < 1.29 is 4.74 Å². The summed E-state index contributed by atoms with van der Waals surface area (Å²) in [4.78, 5) is 15.3. The van der Waals surface area contributed by atoms with Crippen LogP contribution >= 0.6 is 0 Å². The lowest BCUT2D eigenvalue weighted by Crippen LogP contribution is -2.24. The Bertz CT molecular complexity index is 1330. The second-order valence-electron chi connectivity index (χ2n) is 9.28. The van der Waals surface area contributed by atoms with E-state index in [1.54, 1.807) is 11.6 Å². The van der Waals surface area contributed by atoms with Gasteiger partial charge in [-0.1, -0.05) is 31.0 Å². The van der Waals surface area contributed by atoms with E-state index in [0.29, 0.717) is 12.3 Å². The fourth-order valence-electron chi connectivity index (χ4n) is 4.89. The van der Waals surface area contributed by atoms with E-state index in [4.69, 9.17) is 4.74 Å². The summed E-state index contributed by atoms with van der Waals surface area (Å²) in [7, 11) is 5.93. The predicted molar refractivity (Wildman–Crippen MR) is 132 cm³/mol. The largest absolute Gasteiger partial charge is 0.494 e. The SMILES string of the molecule is CN(C)CCCOc1ccc(-c2ccc3nnc4c(c3c2)n(C2CCCC2)c(=O)n4C)cc1. The first-order chi connectivity index (χ1) is 16.0. The summed E-state index contributed by atoms with van der Waals surface area (Å²) in [6.07, 6.45) is 5.41. The number of aromatic nitrogens is 4. The molecule has 1 aliphatic carbocycles. The van der Waals surface area contributed by atoms with E-state index in [2.05, 4.69) is 53.5 Å². The Morgan fingerprint density at radius 1 is 1.03 bits per heavy atom. The number of hydrogen-bond acceptors (Lipinski definition) is 5. The Hall–Kier alpha value is -3.19. The lowest BCUT2D eigenvalue weighted by molar-refractivity contribution is 0.281. The lowest BCUT2D eigenvalue weighted by Gasteiger charge is -2.13. The maximum atomic E-state index is 13.1. The van der Waals surface area contributed by atoms with Gasteiger partial charge in [0.15, 0.2) is 5.65 Å². The second-order valence-corrected chi connectivity index (χ2v) is 9.28. The highest BCUT2D eigenvalue weighted by Crippen LogP contribution is 2.34. The summed E-state index contributed by atoms with van der Waals surface area (Å²) in [6, 6.07) is 14.7. The molecule has 1 fully saturated rings. The minimum Gasteiger partial charge on any atom is -0.494 e. The van der Waals surface area contributed by atoms with Gasteiger partial charge in [0.1, 0.15) is 11.3 Å². The van der Waals surface area contributed by atoms with E-state index in [1.165, 1.54) is 12.8 Å². The molecule has 0 spiro atoms. The first kappa shape index (κ1) is 21.6. The van der Waals surface area contributed by atoms with Crippen molar-refractivity contribution in [2.24, 2.45) is 7.05 Å². The summed E-state index contributed by atoms with van der Waals surface area (Å²) >= 11 is 0. The lowest BCUT2D eigenvalue weighted by atomic mass is 10.0. The van der Waals surface area contributed by atoms with Crippen LogP contribution in [0.5, 0.6) is 5.75 Å². The zero-order chi connectivity index (χ0) is 22.9. The molecule has 1 saturated carbocycles. The maximum Gasteiger partial charge on any atom is 0.330 e. The molecule has 0 amide bonds. The van der Waals surface area contributed by atoms with Crippen LogP contribution < -0.4 is 10.4 Å². The molecule has 0 unspecified atom stereocenters. The topological polar surface area (TPSA) is 65.2 Å². The van der Waals surface area contributed by atoms with Crippen molar-refractivity contribution in [2.75, 3.05) is 27.2 Å². The van der Waals surface area contributed by atoms with Crippen molar-refractivity contribution in [1.29, 1.82) is 0 Å². The normalized spacial score (nSPS) is 14.7. The quantitative estimate of drug-likeness (QED) is 0.395. The van der Waals surface area contributed by atoms with Crippen molar-refractivity contribution in [3.8, 4) is 16.9 Å². The molecule has 0 radical (unpaired) electrons. The van der Waals surface area contributed by atoms with Crippen molar-refractivity contribution in [3.63, 3.8) is 0 Å². The van der Waals surface area contributed by atoms with E-state index in [0.717, 1.165) is 59.1 Å². The van der Waals surface area contributed by atoms with Gasteiger partial charge in [-0.2, -0.15) is 0 Å². The van der Waals surface area contributed by atoms with Gasteiger partial charge in [-0.3, -0.25) is 9.13 Å². The monoisotopic (exact) mass is 445 g/mol. The van der Waals surface area contributed by atoms with Gasteiger partial charge in [0.2, 0.25) is 0 Å². The van der Waals surface area contributed by atoms with Crippen LogP contribution in [0.1, 0.15) is 38.1 Å². The molecule has 1 aliphatic rings. The molecule has 33 heavy (non-hydrogen) atoms. The molecule has 0 saturated heterocycles. The molecule has 2 aromatic heterocycles. The smallest absolute Gasteiger partial charge is 0.330 e. The number of benzene rings is 2. The number of hydrogen-bond donors (Lipinski definition) is 0. The molecule has 0 bridgehead atoms. The average Bonchev–Trinajstić information content (AvgIpc) is 3.44. The molecule has 4 aromatic rings. The minimum atomic E-state index is -0.000119. The molecular weight excluding hydrogens is 414 g/mol. The van der Waals surface area contributed by atoms with Crippen molar-refractivity contribution in [2.45, 2.75) is 38.1 Å². The minimum absolute atomic E-state index is 0.000119. The van der Waals surface area contributed by atoms with E-state index >= 15 is 0 Å². The van der Waals surface area contributed by atoms with Gasteiger partial charge in [-0.05, 0) is 68.8 Å². The number of fused-ring (bicyclic) bond motifs is 3. The van der Waals surface area contributed by atoms with E-state index in [9.17, 15) is 4.79 Å². The van der Waals surface area contributed by atoms with Crippen LogP contribution in [0.25, 0.3) is 33.2 Å². The van der Waals surface area contributed by atoms with Crippen molar-refractivity contribution in [1.82, 2.24) is 24.2 Å². The Morgan fingerprint density at radius 3 is 2.48 bits per heavy atom. The van der Waals surface area contributed by atoms with Gasteiger partial charge in [0.25, 0.3) is 0 Å². The van der Waals surface area contributed by atoms with Gasteiger partial charge in [-0.25, -0.2) is 4.79 Å². The molecule has 5 rings (SSSR count). The Balaban J connectivity index is 1.51. The molecular formula is C26H31N5O2. The standard InChI is InChI=1S/C26H31N5O2/c1-29(2)15-6-16-33-21-12-9-18(10-13-21)19-11-14-23-22(17-19)24-25(28-27-23)30(3)26(32)31(24)20-7-4-5-8-20/h9-14,17,20H,4-8,15-16H2,1-3H3. The van der Waals surface area contributed by atoms with Gasteiger partial charge in [0.05, 0.1) is 12.1 Å². The van der Waals surface area contributed by atoms with E-state index in [1.807, 2.05) is 22.8 Å². The summed E-state index contributed by atoms with van der Waals surface area (Å²) in [6.45, 7) is 1.72. The predicted octanol–water partition coefficient (Wildman–Crippen LogP) is 4.40. The van der Waals surface area contributed by atoms with Crippen LogP contribution in [-0.4, -0.2) is 51.5 Å². The molecule has 172 valence electrons.